The second-order valence-corrected chi connectivity index (χ2v) is 3.76. The van der Waals surface area contributed by atoms with Crippen molar-refractivity contribution in [3.8, 4) is 0 Å². The fraction of sp³-hybridized carbons (Fsp3) is 0.0714. The second-order valence-electron chi connectivity index (χ2n) is 3.76. The van der Waals surface area contributed by atoms with Gasteiger partial charge in [0, 0.05) is 0 Å². The van der Waals surface area contributed by atoms with Crippen molar-refractivity contribution >= 4 is 17.8 Å². The van der Waals surface area contributed by atoms with Gasteiger partial charge in [0.15, 0.2) is 0 Å². The Hall–Kier alpha value is -1.54. The van der Waals surface area contributed by atoms with Crippen LogP contribution in [0.3, 0.4) is 0 Å². The van der Waals surface area contributed by atoms with E-state index in [9.17, 15) is 5.02 Å². The molecule has 1 nitrogen and oxygen atoms in total. The zero-order chi connectivity index (χ0) is 11.4. The van der Waals surface area contributed by atoms with Crippen LogP contribution in [0.15, 0.2) is 54.6 Å². The molecule has 2 rings (SSSR count). The highest BCUT2D eigenvalue weighted by Gasteiger charge is 2.18. The van der Waals surface area contributed by atoms with Crippen LogP contribution in [0.1, 0.15) is 5.56 Å². The first-order valence-electron chi connectivity index (χ1n) is 5.43. The van der Waals surface area contributed by atoms with Crippen LogP contribution in [-0.4, -0.2) is 11.9 Å². The molecule has 0 aliphatic heterocycles. The molecule has 0 heterocycles. The van der Waals surface area contributed by atoms with Crippen LogP contribution in [0.4, 0.5) is 0 Å². The van der Waals surface area contributed by atoms with Crippen molar-refractivity contribution < 1.29 is 5.02 Å². The molecule has 16 heavy (non-hydrogen) atoms. The summed E-state index contributed by atoms with van der Waals surface area (Å²) >= 11 is 0. The standard InChI is InChI=1S/C14H14BO/c1-2-12-8-6-7-11-14(12)15(16)13-9-4-3-5-10-13/h3-11,16H,1-2H2. The zero-order valence-corrected chi connectivity index (χ0v) is 9.13. The van der Waals surface area contributed by atoms with Gasteiger partial charge in [0.2, 0.25) is 0 Å². The Morgan fingerprint density at radius 1 is 0.938 bits per heavy atom. The molecule has 0 saturated heterocycles. The maximum atomic E-state index is 10.3. The molecule has 2 aromatic rings. The Morgan fingerprint density at radius 3 is 2.25 bits per heavy atom. The first kappa shape index (κ1) is 11.0. The number of rotatable bonds is 3. The molecule has 0 saturated carbocycles. The molecular formula is C14H14BO. The molecule has 0 aromatic heterocycles. The van der Waals surface area contributed by atoms with Crippen molar-refractivity contribution in [2.24, 2.45) is 0 Å². The van der Waals surface area contributed by atoms with Crippen LogP contribution < -0.4 is 10.9 Å². The summed E-state index contributed by atoms with van der Waals surface area (Å²) in [5, 5.41) is 10.3. The fourth-order valence-corrected chi connectivity index (χ4v) is 1.84. The lowest BCUT2D eigenvalue weighted by Crippen LogP contribution is -2.43. The molecule has 79 valence electrons. The molecule has 1 N–H and O–H groups in total. The fourth-order valence-electron chi connectivity index (χ4n) is 1.84. The summed E-state index contributed by atoms with van der Waals surface area (Å²) in [6, 6.07) is 17.6. The lowest BCUT2D eigenvalue weighted by molar-refractivity contribution is 0.600. The summed E-state index contributed by atoms with van der Waals surface area (Å²) in [7, 11) is 0. The minimum atomic E-state index is -0.556. The highest BCUT2D eigenvalue weighted by atomic mass is 16.2. The lowest BCUT2D eigenvalue weighted by atomic mass is 9.54. The minimum absolute atomic E-state index is 0.556. The molecule has 0 atom stereocenters. The van der Waals surface area contributed by atoms with Gasteiger partial charge in [-0.25, -0.2) is 0 Å². The summed E-state index contributed by atoms with van der Waals surface area (Å²) in [5.41, 5.74) is 2.96. The van der Waals surface area contributed by atoms with E-state index in [4.69, 9.17) is 0 Å². The van der Waals surface area contributed by atoms with Gasteiger partial charge in [-0.15, -0.1) is 0 Å². The Kier molecular flexibility index (Phi) is 3.42. The molecule has 0 aliphatic carbocycles. The summed E-state index contributed by atoms with van der Waals surface area (Å²) < 4.78 is 0. The highest BCUT2D eigenvalue weighted by molar-refractivity contribution is 6.79. The van der Waals surface area contributed by atoms with Gasteiger partial charge < -0.3 is 5.02 Å². The Labute approximate surface area is 96.9 Å². The topological polar surface area (TPSA) is 20.2 Å². The van der Waals surface area contributed by atoms with E-state index in [1.165, 1.54) is 0 Å². The van der Waals surface area contributed by atoms with Gasteiger partial charge in [-0.3, -0.25) is 0 Å². The van der Waals surface area contributed by atoms with Gasteiger partial charge >= 0.3 is 6.92 Å². The van der Waals surface area contributed by atoms with E-state index in [-0.39, 0.29) is 0 Å². The van der Waals surface area contributed by atoms with E-state index in [2.05, 4.69) is 6.92 Å². The molecule has 0 bridgehead atoms. The SMILES string of the molecule is [CH2]Cc1ccccc1B(O)c1ccccc1. The molecule has 0 spiro atoms. The molecule has 0 fully saturated rings. The third-order valence-electron chi connectivity index (χ3n) is 2.73. The molecule has 0 aliphatic rings. The summed E-state index contributed by atoms with van der Waals surface area (Å²) in [4.78, 5) is 0. The largest absolute Gasteiger partial charge is 0.443 e. The summed E-state index contributed by atoms with van der Waals surface area (Å²) in [5.74, 6) is 0. The van der Waals surface area contributed by atoms with E-state index in [0.29, 0.717) is 6.42 Å². The van der Waals surface area contributed by atoms with Crippen LogP contribution in [-0.2, 0) is 6.42 Å². The monoisotopic (exact) mass is 209 g/mol. The third-order valence-corrected chi connectivity index (χ3v) is 2.73. The van der Waals surface area contributed by atoms with Crippen LogP contribution in [0.2, 0.25) is 0 Å². The molecular weight excluding hydrogens is 195 g/mol. The second kappa shape index (κ2) is 5.00. The van der Waals surface area contributed by atoms with Crippen LogP contribution >= 0.6 is 0 Å². The molecule has 1 radical (unpaired) electrons. The highest BCUT2D eigenvalue weighted by Crippen LogP contribution is 1.99. The van der Waals surface area contributed by atoms with Crippen LogP contribution in [0.25, 0.3) is 0 Å². The molecule has 0 amide bonds. The lowest BCUT2D eigenvalue weighted by Gasteiger charge is -2.11. The number of hydrogen-bond donors (Lipinski definition) is 1. The van der Waals surface area contributed by atoms with E-state index in [0.717, 1.165) is 16.5 Å². The van der Waals surface area contributed by atoms with E-state index >= 15 is 0 Å². The maximum absolute atomic E-state index is 10.3. The average Bonchev–Trinajstić information content (AvgIpc) is 2.39. The quantitative estimate of drug-likeness (QED) is 0.752. The maximum Gasteiger partial charge on any atom is 0.359 e. The summed E-state index contributed by atoms with van der Waals surface area (Å²) in [6.45, 7) is 3.33. The van der Waals surface area contributed by atoms with Gasteiger partial charge in [0.05, 0.1) is 0 Å². The van der Waals surface area contributed by atoms with E-state index in [1.54, 1.807) is 0 Å². The van der Waals surface area contributed by atoms with Crippen molar-refractivity contribution in [3.05, 3.63) is 67.1 Å². The van der Waals surface area contributed by atoms with Gasteiger partial charge in [-0.05, 0) is 24.3 Å². The average molecular weight is 209 g/mol. The zero-order valence-electron chi connectivity index (χ0n) is 9.13. The van der Waals surface area contributed by atoms with Crippen LogP contribution in [0.5, 0.6) is 0 Å². The third kappa shape index (κ3) is 2.17. The normalized spacial score (nSPS) is 10.1. The smallest absolute Gasteiger partial charge is 0.359 e. The van der Waals surface area contributed by atoms with Crippen molar-refractivity contribution in [1.82, 2.24) is 0 Å². The van der Waals surface area contributed by atoms with Crippen molar-refractivity contribution in [2.45, 2.75) is 6.42 Å². The Bertz CT molecular complexity index is 453. The molecule has 0 unspecified atom stereocenters. The summed E-state index contributed by atoms with van der Waals surface area (Å²) in [6.07, 6.45) is 0.695. The molecule has 2 heteroatoms. The Balaban J connectivity index is 2.37. The van der Waals surface area contributed by atoms with Gasteiger partial charge in [0.25, 0.3) is 0 Å². The minimum Gasteiger partial charge on any atom is -0.443 e. The predicted octanol–water partition coefficient (Wildman–Crippen LogP) is 1.16. The van der Waals surface area contributed by atoms with Crippen molar-refractivity contribution in [3.63, 3.8) is 0 Å². The van der Waals surface area contributed by atoms with E-state index < -0.39 is 6.92 Å². The number of benzene rings is 2. The number of hydrogen-bond acceptors (Lipinski definition) is 1. The van der Waals surface area contributed by atoms with Crippen molar-refractivity contribution in [2.75, 3.05) is 0 Å². The molecule has 2 aromatic carbocycles. The van der Waals surface area contributed by atoms with Gasteiger partial charge in [-0.1, -0.05) is 60.2 Å². The van der Waals surface area contributed by atoms with Crippen LogP contribution in [0, 0.1) is 6.92 Å². The van der Waals surface area contributed by atoms with Gasteiger partial charge in [0.1, 0.15) is 0 Å². The van der Waals surface area contributed by atoms with Gasteiger partial charge in [-0.2, -0.15) is 0 Å². The van der Waals surface area contributed by atoms with E-state index in [1.807, 2.05) is 54.6 Å². The first-order chi connectivity index (χ1) is 7.83. The first-order valence-corrected chi connectivity index (χ1v) is 5.43. The predicted molar refractivity (Wildman–Crippen MR) is 69.2 cm³/mol. The Morgan fingerprint density at radius 2 is 1.56 bits per heavy atom. The van der Waals surface area contributed by atoms with Crippen molar-refractivity contribution in [1.29, 1.82) is 0 Å².